The predicted molar refractivity (Wildman–Crippen MR) is 78.2 cm³/mol. The third-order valence-electron chi connectivity index (χ3n) is 2.47. The Morgan fingerprint density at radius 2 is 2.05 bits per heavy atom. The molecule has 8 heteroatoms. The molecule has 0 saturated heterocycles. The highest BCUT2D eigenvalue weighted by Crippen LogP contribution is 2.22. The Morgan fingerprint density at radius 1 is 1.40 bits per heavy atom. The Balaban J connectivity index is 0.000000246. The van der Waals surface area contributed by atoms with Crippen LogP contribution in [0.1, 0.15) is 19.4 Å². The Kier molecular flexibility index (Phi) is 5.88. The van der Waals surface area contributed by atoms with Crippen LogP contribution in [0.4, 0.5) is 5.13 Å². The van der Waals surface area contributed by atoms with E-state index in [1.807, 2.05) is 0 Å². The van der Waals surface area contributed by atoms with Crippen molar-refractivity contribution in [2.45, 2.75) is 27.3 Å². The van der Waals surface area contributed by atoms with Gasteiger partial charge in [0.1, 0.15) is 5.52 Å². The second-order valence-corrected chi connectivity index (χ2v) is 6.08. The van der Waals surface area contributed by atoms with Gasteiger partial charge in [-0.15, -0.1) is 0 Å². The summed E-state index contributed by atoms with van der Waals surface area (Å²) < 4.78 is 35.4. The van der Waals surface area contributed by atoms with Crippen LogP contribution < -0.4 is 10.3 Å². The van der Waals surface area contributed by atoms with E-state index in [0.29, 0.717) is 0 Å². The molecule has 0 aliphatic carbocycles. The van der Waals surface area contributed by atoms with E-state index in [0.717, 1.165) is 11.7 Å². The van der Waals surface area contributed by atoms with Gasteiger partial charge in [-0.1, -0.05) is 6.07 Å². The van der Waals surface area contributed by atoms with Crippen LogP contribution in [0.25, 0.3) is 10.2 Å². The molecule has 0 saturated carbocycles. The normalized spacial score (nSPS) is 11.2. The average Bonchev–Trinajstić information content (AvgIpc) is 2.62. The van der Waals surface area contributed by atoms with Crippen molar-refractivity contribution in [2.24, 2.45) is 0 Å². The molecule has 0 aliphatic rings. The minimum absolute atomic E-state index is 0.0914. The summed E-state index contributed by atoms with van der Waals surface area (Å²) >= 11 is 1.66. The number of thiazole rings is 1. The van der Waals surface area contributed by atoms with Crippen molar-refractivity contribution in [1.29, 1.82) is 0 Å². The lowest BCUT2D eigenvalue weighted by Gasteiger charge is -2.02. The Morgan fingerprint density at radius 3 is 2.50 bits per heavy atom. The standard InChI is InChI=1S/C10H12N2S.C2H6O4S/c1-3-12-8-5-4-7(2)6-9(8)13-10(12)11;1-2-6-7(3,4)5/h4-6,11H,3H2,1-2H3;2H2,1H3,(H,3,4,5). The molecule has 2 rings (SSSR count). The summed E-state index contributed by atoms with van der Waals surface area (Å²) in [4.78, 5) is 0. The van der Waals surface area contributed by atoms with Gasteiger partial charge in [0, 0.05) is 0 Å². The Bertz CT molecular complexity index is 680. The van der Waals surface area contributed by atoms with E-state index >= 15 is 0 Å². The fourth-order valence-electron chi connectivity index (χ4n) is 1.68. The van der Waals surface area contributed by atoms with Gasteiger partial charge in [-0.25, -0.2) is 13.0 Å². The van der Waals surface area contributed by atoms with Crippen LogP contribution in [0.2, 0.25) is 0 Å². The quantitative estimate of drug-likeness (QED) is 0.526. The Hall–Kier alpha value is -1.22. The molecule has 0 atom stereocenters. The molecule has 0 fully saturated rings. The fraction of sp³-hybridized carbons (Fsp3) is 0.417. The molecule has 1 aromatic carbocycles. The first-order chi connectivity index (χ1) is 9.28. The number of anilines is 1. The SMILES string of the molecule is CCOS(=O)(=O)[O-].CC[n+]1c(N)sc2cc(C)ccc21. The van der Waals surface area contributed by atoms with Crippen molar-refractivity contribution < 1.29 is 21.7 Å². The lowest BCUT2D eigenvalue weighted by atomic mass is 10.2. The average molecular weight is 318 g/mol. The third-order valence-corrected chi connectivity index (χ3v) is 3.97. The van der Waals surface area contributed by atoms with Gasteiger partial charge in [0.2, 0.25) is 10.4 Å². The molecule has 6 nitrogen and oxygen atoms in total. The lowest BCUT2D eigenvalue weighted by molar-refractivity contribution is -0.649. The summed E-state index contributed by atoms with van der Waals surface area (Å²) in [5.41, 5.74) is 8.43. The number of hydrogen-bond acceptors (Lipinski definition) is 6. The highest BCUT2D eigenvalue weighted by Gasteiger charge is 2.12. The van der Waals surface area contributed by atoms with Crippen molar-refractivity contribution >= 4 is 37.1 Å². The van der Waals surface area contributed by atoms with Gasteiger partial charge < -0.3 is 4.55 Å². The van der Waals surface area contributed by atoms with Crippen LogP contribution in [0.3, 0.4) is 0 Å². The molecule has 20 heavy (non-hydrogen) atoms. The topological polar surface area (TPSA) is 96.3 Å². The molecular formula is C12H18N2O4S2. The molecule has 112 valence electrons. The second kappa shape index (κ2) is 6.98. The fourth-order valence-corrected chi connectivity index (χ4v) is 3.06. The zero-order valence-corrected chi connectivity index (χ0v) is 13.3. The first-order valence-electron chi connectivity index (χ1n) is 6.07. The van der Waals surface area contributed by atoms with E-state index in [1.165, 1.54) is 22.7 Å². The van der Waals surface area contributed by atoms with Crippen LogP contribution in [-0.2, 0) is 21.1 Å². The Labute approximate surface area is 122 Å². The molecule has 1 aromatic heterocycles. The first kappa shape index (κ1) is 16.8. The molecule has 1 heterocycles. The molecule has 0 amide bonds. The van der Waals surface area contributed by atoms with Crippen LogP contribution in [0.15, 0.2) is 18.2 Å². The molecule has 0 aliphatic heterocycles. The molecule has 0 spiro atoms. The maximum absolute atomic E-state index is 9.45. The summed E-state index contributed by atoms with van der Waals surface area (Å²) in [6.07, 6.45) is 0. The number of nitrogens with zero attached hydrogens (tertiary/aromatic N) is 1. The zero-order valence-electron chi connectivity index (χ0n) is 11.6. The smallest absolute Gasteiger partial charge is 0.332 e. The number of benzene rings is 1. The number of aryl methyl sites for hydroxylation is 2. The van der Waals surface area contributed by atoms with Gasteiger partial charge in [-0.2, -0.15) is 0 Å². The maximum atomic E-state index is 9.45. The molecule has 0 unspecified atom stereocenters. The van der Waals surface area contributed by atoms with Crippen LogP contribution in [-0.4, -0.2) is 19.6 Å². The molecule has 2 aromatic rings. The molecule has 0 radical (unpaired) electrons. The number of nitrogens with two attached hydrogens (primary N) is 1. The number of aromatic nitrogens is 1. The minimum Gasteiger partial charge on any atom is -0.726 e. The van der Waals surface area contributed by atoms with E-state index in [9.17, 15) is 13.0 Å². The van der Waals surface area contributed by atoms with E-state index in [-0.39, 0.29) is 6.61 Å². The van der Waals surface area contributed by atoms with Gasteiger partial charge in [-0.05, 0) is 49.8 Å². The summed E-state index contributed by atoms with van der Waals surface area (Å²) in [7, 11) is -4.42. The second-order valence-electron chi connectivity index (χ2n) is 3.97. The highest BCUT2D eigenvalue weighted by molar-refractivity contribution is 7.80. The van der Waals surface area contributed by atoms with Crippen molar-refractivity contribution in [3.63, 3.8) is 0 Å². The zero-order chi connectivity index (χ0) is 15.3. The lowest BCUT2D eigenvalue weighted by Crippen LogP contribution is -2.33. The van der Waals surface area contributed by atoms with Gasteiger partial charge in [0.25, 0.3) is 0 Å². The number of fused-ring (bicyclic) bond motifs is 1. The largest absolute Gasteiger partial charge is 0.726 e. The van der Waals surface area contributed by atoms with Crippen LogP contribution in [0, 0.1) is 6.92 Å². The first-order valence-corrected chi connectivity index (χ1v) is 8.22. The van der Waals surface area contributed by atoms with Crippen molar-refractivity contribution in [3.05, 3.63) is 23.8 Å². The van der Waals surface area contributed by atoms with E-state index in [1.54, 1.807) is 11.3 Å². The summed E-state index contributed by atoms with van der Waals surface area (Å²) in [6.45, 7) is 6.49. The third kappa shape index (κ3) is 4.71. The number of hydrogen-bond donors (Lipinski definition) is 1. The maximum Gasteiger partial charge on any atom is 0.332 e. The minimum atomic E-state index is -4.42. The molecule has 2 N–H and O–H groups in total. The molecule has 0 bridgehead atoms. The summed E-state index contributed by atoms with van der Waals surface area (Å²) in [6, 6.07) is 6.45. The monoisotopic (exact) mass is 318 g/mol. The number of rotatable bonds is 3. The summed E-state index contributed by atoms with van der Waals surface area (Å²) in [5.74, 6) is 0. The van der Waals surface area contributed by atoms with Gasteiger partial charge in [0.05, 0.1) is 17.9 Å². The van der Waals surface area contributed by atoms with Crippen molar-refractivity contribution in [2.75, 3.05) is 12.3 Å². The van der Waals surface area contributed by atoms with Crippen LogP contribution >= 0.6 is 11.3 Å². The van der Waals surface area contributed by atoms with E-state index in [4.69, 9.17) is 5.73 Å². The van der Waals surface area contributed by atoms with Gasteiger partial charge in [0.15, 0.2) is 0 Å². The van der Waals surface area contributed by atoms with E-state index < -0.39 is 10.4 Å². The van der Waals surface area contributed by atoms with Crippen LogP contribution in [0.5, 0.6) is 0 Å². The van der Waals surface area contributed by atoms with Crippen molar-refractivity contribution in [3.8, 4) is 0 Å². The predicted octanol–water partition coefficient (Wildman–Crippen LogP) is 1.58. The highest BCUT2D eigenvalue weighted by atomic mass is 32.3. The van der Waals surface area contributed by atoms with Gasteiger partial charge >= 0.3 is 5.13 Å². The van der Waals surface area contributed by atoms with E-state index in [2.05, 4.69) is 40.8 Å². The number of nitrogen functional groups attached to an aromatic ring is 1. The van der Waals surface area contributed by atoms with Crippen molar-refractivity contribution in [1.82, 2.24) is 0 Å². The molecular weight excluding hydrogens is 300 g/mol. The summed E-state index contributed by atoms with van der Waals surface area (Å²) in [5, 5.41) is 0.892. The van der Waals surface area contributed by atoms with Gasteiger partial charge in [-0.3, -0.25) is 9.92 Å².